The summed E-state index contributed by atoms with van der Waals surface area (Å²) in [4.78, 5) is 25.4. The highest BCUT2D eigenvalue weighted by Gasteiger charge is 2.32. The van der Waals surface area contributed by atoms with Crippen molar-refractivity contribution in [3.8, 4) is 6.07 Å². The van der Waals surface area contributed by atoms with E-state index in [0.717, 1.165) is 16.5 Å². The van der Waals surface area contributed by atoms with E-state index in [4.69, 9.17) is 5.26 Å². The number of carbonyl (C=O) groups is 2. The Morgan fingerprint density at radius 2 is 2.09 bits per heavy atom. The van der Waals surface area contributed by atoms with E-state index in [1.165, 1.54) is 4.90 Å². The fraction of sp³-hybridized carbons (Fsp3) is 0.235. The number of carbonyl (C=O) groups excluding carboxylic acids is 2. The van der Waals surface area contributed by atoms with Gasteiger partial charge in [-0.05, 0) is 18.6 Å². The van der Waals surface area contributed by atoms with Crippen LogP contribution in [-0.2, 0) is 11.3 Å². The Kier molecular flexibility index (Phi) is 3.85. The van der Waals surface area contributed by atoms with Crippen molar-refractivity contribution in [2.24, 2.45) is 0 Å². The molecule has 1 aromatic heterocycles. The molecule has 0 aliphatic carbocycles. The zero-order valence-corrected chi connectivity index (χ0v) is 12.7. The van der Waals surface area contributed by atoms with E-state index in [2.05, 4.69) is 11.4 Å². The number of imide groups is 1. The van der Waals surface area contributed by atoms with Gasteiger partial charge in [0, 0.05) is 29.2 Å². The Labute approximate surface area is 133 Å². The SMILES string of the molecule is CCCN1C(=O)N/C(=C/c2cn(CC#N)c3ccccc23)C1=O. The number of rotatable bonds is 4. The maximum Gasteiger partial charge on any atom is 0.329 e. The van der Waals surface area contributed by atoms with Gasteiger partial charge >= 0.3 is 6.03 Å². The number of nitrogens with one attached hydrogen (secondary N) is 1. The van der Waals surface area contributed by atoms with Gasteiger partial charge in [0.2, 0.25) is 0 Å². The number of urea groups is 1. The number of nitrogens with zero attached hydrogens (tertiary/aromatic N) is 3. The lowest BCUT2D eigenvalue weighted by Gasteiger charge is -2.08. The fourth-order valence-electron chi connectivity index (χ4n) is 2.75. The summed E-state index contributed by atoms with van der Waals surface area (Å²) in [5.74, 6) is -0.311. The third-order valence-electron chi connectivity index (χ3n) is 3.77. The van der Waals surface area contributed by atoms with Crippen LogP contribution in [0.15, 0.2) is 36.2 Å². The van der Waals surface area contributed by atoms with Gasteiger partial charge < -0.3 is 9.88 Å². The number of hydrogen-bond acceptors (Lipinski definition) is 3. The maximum absolute atomic E-state index is 12.3. The summed E-state index contributed by atoms with van der Waals surface area (Å²) in [6.45, 7) is 2.54. The van der Waals surface area contributed by atoms with E-state index in [1.54, 1.807) is 6.08 Å². The van der Waals surface area contributed by atoms with Gasteiger partial charge in [-0.2, -0.15) is 5.26 Å². The molecule has 0 saturated carbocycles. The first-order valence-corrected chi connectivity index (χ1v) is 7.45. The molecule has 1 saturated heterocycles. The average Bonchev–Trinajstić information content (AvgIpc) is 3.02. The number of amides is 3. The maximum atomic E-state index is 12.3. The second-order valence-corrected chi connectivity index (χ2v) is 5.33. The molecular weight excluding hydrogens is 292 g/mol. The molecule has 1 aliphatic heterocycles. The predicted molar refractivity (Wildman–Crippen MR) is 86.1 cm³/mol. The molecule has 23 heavy (non-hydrogen) atoms. The smallest absolute Gasteiger partial charge is 0.329 e. The highest BCUT2D eigenvalue weighted by atomic mass is 16.2. The summed E-state index contributed by atoms with van der Waals surface area (Å²) in [5, 5.41) is 12.5. The van der Waals surface area contributed by atoms with Gasteiger partial charge in [-0.15, -0.1) is 0 Å². The first kappa shape index (κ1) is 14.9. The molecule has 1 fully saturated rings. The lowest BCUT2D eigenvalue weighted by Crippen LogP contribution is -2.31. The van der Waals surface area contributed by atoms with E-state index < -0.39 is 0 Å². The van der Waals surface area contributed by atoms with E-state index in [1.807, 2.05) is 42.0 Å². The van der Waals surface area contributed by atoms with E-state index in [0.29, 0.717) is 13.0 Å². The molecule has 0 spiro atoms. The van der Waals surface area contributed by atoms with Crippen LogP contribution in [0.2, 0.25) is 0 Å². The topological polar surface area (TPSA) is 78.1 Å². The van der Waals surface area contributed by atoms with Crippen molar-refractivity contribution < 1.29 is 9.59 Å². The molecule has 6 nitrogen and oxygen atoms in total. The Morgan fingerprint density at radius 3 is 2.83 bits per heavy atom. The molecule has 0 unspecified atom stereocenters. The first-order valence-electron chi connectivity index (χ1n) is 7.45. The highest BCUT2D eigenvalue weighted by molar-refractivity contribution is 6.14. The van der Waals surface area contributed by atoms with Crippen LogP contribution in [0, 0.1) is 11.3 Å². The minimum atomic E-state index is -0.385. The molecule has 2 heterocycles. The van der Waals surface area contributed by atoms with Crippen LogP contribution in [0.25, 0.3) is 17.0 Å². The van der Waals surface area contributed by atoms with Crippen molar-refractivity contribution >= 4 is 28.9 Å². The van der Waals surface area contributed by atoms with Crippen LogP contribution in [-0.4, -0.2) is 28.0 Å². The molecule has 0 radical (unpaired) electrons. The molecule has 116 valence electrons. The number of benzene rings is 1. The summed E-state index contributed by atoms with van der Waals surface area (Å²) >= 11 is 0. The van der Waals surface area contributed by atoms with Gasteiger partial charge in [0.05, 0.1) is 6.07 Å². The zero-order valence-electron chi connectivity index (χ0n) is 12.7. The Balaban J connectivity index is 2.03. The van der Waals surface area contributed by atoms with Crippen LogP contribution in [0.5, 0.6) is 0 Å². The van der Waals surface area contributed by atoms with Crippen LogP contribution < -0.4 is 5.32 Å². The molecule has 1 aromatic carbocycles. The summed E-state index contributed by atoms with van der Waals surface area (Å²) in [6.07, 6.45) is 4.21. The summed E-state index contributed by atoms with van der Waals surface area (Å²) in [6, 6.07) is 9.39. The molecule has 1 N–H and O–H groups in total. The monoisotopic (exact) mass is 308 g/mol. The number of aromatic nitrogens is 1. The predicted octanol–water partition coefficient (Wildman–Crippen LogP) is 2.47. The van der Waals surface area contributed by atoms with Crippen LogP contribution in [0.4, 0.5) is 4.79 Å². The zero-order chi connectivity index (χ0) is 16.4. The van der Waals surface area contributed by atoms with Gasteiger partial charge in [0.25, 0.3) is 5.91 Å². The van der Waals surface area contributed by atoms with E-state index in [-0.39, 0.29) is 24.2 Å². The normalized spacial score (nSPS) is 16.2. The standard InChI is InChI=1S/C17H16N4O2/c1-2-8-21-16(22)14(19-17(21)23)10-12-11-20(9-7-18)15-6-4-3-5-13(12)15/h3-6,10-11H,2,8-9H2,1H3,(H,19,23)/b14-10+. The molecular formula is C17H16N4O2. The molecule has 3 amide bonds. The second kappa shape index (κ2) is 5.97. The van der Waals surface area contributed by atoms with Crippen molar-refractivity contribution in [2.45, 2.75) is 19.9 Å². The quantitative estimate of drug-likeness (QED) is 0.696. The highest BCUT2D eigenvalue weighted by Crippen LogP contribution is 2.24. The number of fused-ring (bicyclic) bond motifs is 1. The fourth-order valence-corrected chi connectivity index (χ4v) is 2.75. The van der Waals surface area contributed by atoms with Crippen LogP contribution >= 0.6 is 0 Å². The van der Waals surface area contributed by atoms with Gasteiger partial charge in [0.15, 0.2) is 0 Å². The van der Waals surface area contributed by atoms with Crippen molar-refractivity contribution in [1.29, 1.82) is 5.26 Å². The Bertz CT molecular complexity index is 857. The number of para-hydroxylation sites is 1. The molecule has 6 heteroatoms. The third kappa shape index (κ3) is 2.57. The van der Waals surface area contributed by atoms with Gasteiger partial charge in [-0.1, -0.05) is 25.1 Å². The molecule has 3 rings (SSSR count). The Morgan fingerprint density at radius 1 is 1.30 bits per heavy atom. The number of hydrogen-bond donors (Lipinski definition) is 1. The molecule has 0 bridgehead atoms. The molecule has 0 atom stereocenters. The van der Waals surface area contributed by atoms with Crippen LogP contribution in [0.1, 0.15) is 18.9 Å². The van der Waals surface area contributed by atoms with E-state index >= 15 is 0 Å². The number of nitriles is 1. The lowest BCUT2D eigenvalue weighted by atomic mass is 10.1. The average molecular weight is 308 g/mol. The largest absolute Gasteiger partial charge is 0.333 e. The van der Waals surface area contributed by atoms with Crippen molar-refractivity contribution in [3.63, 3.8) is 0 Å². The molecule has 1 aliphatic rings. The van der Waals surface area contributed by atoms with Gasteiger partial charge in [-0.25, -0.2) is 4.79 Å². The van der Waals surface area contributed by atoms with Gasteiger partial charge in [-0.3, -0.25) is 9.69 Å². The summed E-state index contributed by atoms with van der Waals surface area (Å²) in [5.41, 5.74) is 1.99. The van der Waals surface area contributed by atoms with Gasteiger partial charge in [0.1, 0.15) is 12.2 Å². The second-order valence-electron chi connectivity index (χ2n) is 5.33. The van der Waals surface area contributed by atoms with E-state index in [9.17, 15) is 9.59 Å². The van der Waals surface area contributed by atoms with Crippen molar-refractivity contribution in [1.82, 2.24) is 14.8 Å². The lowest BCUT2D eigenvalue weighted by molar-refractivity contribution is -0.122. The summed E-state index contributed by atoms with van der Waals surface area (Å²) in [7, 11) is 0. The van der Waals surface area contributed by atoms with Crippen molar-refractivity contribution in [2.75, 3.05) is 6.54 Å². The summed E-state index contributed by atoms with van der Waals surface area (Å²) < 4.78 is 1.83. The Hall–Kier alpha value is -3.07. The van der Waals surface area contributed by atoms with Crippen LogP contribution in [0.3, 0.4) is 0 Å². The van der Waals surface area contributed by atoms with Crippen molar-refractivity contribution in [3.05, 3.63) is 41.7 Å². The third-order valence-corrected chi connectivity index (χ3v) is 3.77. The minimum Gasteiger partial charge on any atom is -0.333 e. The minimum absolute atomic E-state index is 0.228. The first-order chi connectivity index (χ1) is 11.2. The molecule has 2 aromatic rings.